The first-order chi connectivity index (χ1) is 14.0. The third-order valence-corrected chi connectivity index (χ3v) is 7.81. The van der Waals surface area contributed by atoms with Crippen LogP contribution < -0.4 is 0 Å². The average molecular weight is 438 g/mol. The van der Waals surface area contributed by atoms with Crippen molar-refractivity contribution in [3.63, 3.8) is 0 Å². The van der Waals surface area contributed by atoms with Crippen molar-refractivity contribution in [1.29, 1.82) is 0 Å². The van der Waals surface area contributed by atoms with Crippen LogP contribution in [0.5, 0.6) is 0 Å². The summed E-state index contributed by atoms with van der Waals surface area (Å²) in [5, 5.41) is 12.3. The fraction of sp³-hybridized carbons (Fsp3) is 0.556. The van der Waals surface area contributed by atoms with Crippen LogP contribution in [0, 0.1) is 0 Å². The number of nitrogens with zero attached hydrogens (tertiary/aromatic N) is 5. The van der Waals surface area contributed by atoms with E-state index in [0.29, 0.717) is 24.7 Å². The van der Waals surface area contributed by atoms with Gasteiger partial charge in [0.15, 0.2) is 9.84 Å². The molecule has 2 fully saturated rings. The van der Waals surface area contributed by atoms with E-state index in [9.17, 15) is 13.2 Å². The van der Waals surface area contributed by atoms with Gasteiger partial charge < -0.3 is 9.64 Å². The van der Waals surface area contributed by atoms with Crippen LogP contribution >= 0.6 is 11.8 Å². The molecule has 11 heteroatoms. The van der Waals surface area contributed by atoms with Crippen LogP contribution in [0.4, 0.5) is 0 Å². The van der Waals surface area contributed by atoms with E-state index in [4.69, 9.17) is 4.74 Å². The Hall–Kier alpha value is -1.98. The maximum atomic E-state index is 13.0. The highest BCUT2D eigenvalue weighted by molar-refractivity contribution is 7.99. The van der Waals surface area contributed by atoms with Crippen molar-refractivity contribution in [2.45, 2.75) is 36.6 Å². The maximum Gasteiger partial charge on any atom is 0.233 e. The number of para-hydroxylation sites is 1. The third kappa shape index (κ3) is 4.96. The highest BCUT2D eigenvalue weighted by atomic mass is 32.2. The topological polar surface area (TPSA) is 107 Å². The summed E-state index contributed by atoms with van der Waals surface area (Å²) >= 11 is 1.25. The summed E-state index contributed by atoms with van der Waals surface area (Å²) in [6, 6.07) is 9.16. The van der Waals surface area contributed by atoms with Gasteiger partial charge in [-0.1, -0.05) is 30.0 Å². The molecule has 9 nitrogen and oxygen atoms in total. The number of amides is 1. The molecular weight excluding hydrogens is 414 g/mol. The van der Waals surface area contributed by atoms with Gasteiger partial charge in [-0.3, -0.25) is 4.79 Å². The molecule has 0 N–H and O–H groups in total. The molecule has 2 aliphatic rings. The highest BCUT2D eigenvalue weighted by Crippen LogP contribution is 2.24. The zero-order valence-electron chi connectivity index (χ0n) is 15.9. The van der Waals surface area contributed by atoms with Crippen molar-refractivity contribution < 1.29 is 17.9 Å². The van der Waals surface area contributed by atoms with Crippen LogP contribution in [-0.4, -0.2) is 82.0 Å². The van der Waals surface area contributed by atoms with Crippen LogP contribution in [-0.2, 0) is 19.4 Å². The van der Waals surface area contributed by atoms with Crippen LogP contribution in [0.1, 0.15) is 19.3 Å². The van der Waals surface area contributed by atoms with Crippen molar-refractivity contribution in [3.8, 4) is 5.69 Å². The number of carbonyl (C=O) groups is 1. The first-order valence-corrected chi connectivity index (χ1v) is 12.4. The van der Waals surface area contributed by atoms with E-state index in [1.165, 1.54) is 11.8 Å². The van der Waals surface area contributed by atoms with Crippen molar-refractivity contribution >= 4 is 27.5 Å². The van der Waals surface area contributed by atoms with E-state index in [1.54, 1.807) is 9.58 Å². The standard InChI is InChI=1S/C18H23N5O4S2/c24-17(12-28-18-19-20-21-23(18)14-5-2-1-3-6-14)22(11-16-7-4-9-27-16)15-8-10-29(25,26)13-15/h1-3,5-6,15-16H,4,7-13H2. The van der Waals surface area contributed by atoms with Gasteiger partial charge >= 0.3 is 0 Å². The number of aromatic nitrogens is 4. The Kier molecular flexibility index (Phi) is 6.16. The summed E-state index contributed by atoms with van der Waals surface area (Å²) in [6.45, 7) is 1.12. The number of ether oxygens (including phenoxy) is 1. The Bertz CT molecular complexity index is 944. The normalized spacial score (nSPS) is 23.3. The number of benzene rings is 1. The van der Waals surface area contributed by atoms with Crippen LogP contribution in [0.2, 0.25) is 0 Å². The van der Waals surface area contributed by atoms with Gasteiger partial charge in [-0.2, -0.15) is 4.68 Å². The van der Waals surface area contributed by atoms with Gasteiger partial charge in [0.05, 0.1) is 29.0 Å². The molecule has 2 saturated heterocycles. The van der Waals surface area contributed by atoms with Gasteiger partial charge in [0.1, 0.15) is 0 Å². The smallest absolute Gasteiger partial charge is 0.233 e. The molecule has 0 saturated carbocycles. The lowest BCUT2D eigenvalue weighted by molar-refractivity contribution is -0.131. The second kappa shape index (κ2) is 8.80. The van der Waals surface area contributed by atoms with Crippen LogP contribution in [0.3, 0.4) is 0 Å². The van der Waals surface area contributed by atoms with Crippen molar-refractivity contribution in [1.82, 2.24) is 25.1 Å². The van der Waals surface area contributed by atoms with Gasteiger partial charge in [-0.25, -0.2) is 8.42 Å². The zero-order valence-corrected chi connectivity index (χ0v) is 17.5. The molecule has 1 aromatic carbocycles. The molecule has 1 amide bonds. The summed E-state index contributed by atoms with van der Waals surface area (Å²) in [6.07, 6.45) is 2.31. The van der Waals surface area contributed by atoms with Gasteiger partial charge in [-0.15, -0.1) is 5.10 Å². The minimum absolute atomic E-state index is 0.0257. The van der Waals surface area contributed by atoms with Crippen molar-refractivity contribution in [3.05, 3.63) is 30.3 Å². The maximum absolute atomic E-state index is 13.0. The molecule has 4 rings (SSSR count). The predicted molar refractivity (Wildman–Crippen MR) is 108 cm³/mol. The van der Waals surface area contributed by atoms with E-state index in [1.807, 2.05) is 30.3 Å². The fourth-order valence-corrected chi connectivity index (χ4v) is 6.20. The van der Waals surface area contributed by atoms with E-state index in [0.717, 1.165) is 18.5 Å². The lowest BCUT2D eigenvalue weighted by atomic mass is 10.1. The minimum Gasteiger partial charge on any atom is -0.376 e. The first kappa shape index (κ1) is 20.3. The van der Waals surface area contributed by atoms with E-state index in [2.05, 4.69) is 15.5 Å². The fourth-order valence-electron chi connectivity index (χ4n) is 3.69. The summed E-state index contributed by atoms with van der Waals surface area (Å²) in [5.41, 5.74) is 0.811. The lowest BCUT2D eigenvalue weighted by Gasteiger charge is -2.30. The molecular formula is C18H23N5O4S2. The number of sulfone groups is 1. The zero-order chi connectivity index (χ0) is 20.3. The van der Waals surface area contributed by atoms with E-state index in [-0.39, 0.29) is 35.3 Å². The summed E-state index contributed by atoms with van der Waals surface area (Å²) in [5.74, 6) is 0.177. The predicted octanol–water partition coefficient (Wildman–Crippen LogP) is 0.949. The SMILES string of the molecule is O=C(CSc1nnnn1-c1ccccc1)N(CC1CCCO1)C1CCS(=O)(=O)C1. The molecule has 0 spiro atoms. The Morgan fingerprint density at radius 1 is 1.28 bits per heavy atom. The second-order valence-electron chi connectivity index (χ2n) is 7.24. The Balaban J connectivity index is 1.45. The number of thioether (sulfide) groups is 1. The number of tetrazole rings is 1. The Morgan fingerprint density at radius 2 is 2.10 bits per heavy atom. The van der Waals surface area contributed by atoms with Gasteiger partial charge in [-0.05, 0) is 41.8 Å². The second-order valence-corrected chi connectivity index (χ2v) is 10.4. The average Bonchev–Trinajstić information content (AvgIpc) is 3.46. The summed E-state index contributed by atoms with van der Waals surface area (Å²) in [4.78, 5) is 14.7. The molecule has 1 aromatic heterocycles. The third-order valence-electron chi connectivity index (χ3n) is 5.16. The number of hydrogen-bond donors (Lipinski definition) is 0. The molecule has 156 valence electrons. The molecule has 2 aliphatic heterocycles. The number of rotatable bonds is 7. The summed E-state index contributed by atoms with van der Waals surface area (Å²) < 4.78 is 31.2. The molecule has 0 aliphatic carbocycles. The molecule has 0 radical (unpaired) electrons. The van der Waals surface area contributed by atoms with Gasteiger partial charge in [0, 0.05) is 19.2 Å². The van der Waals surface area contributed by atoms with Crippen molar-refractivity contribution in [2.75, 3.05) is 30.4 Å². The largest absolute Gasteiger partial charge is 0.376 e. The highest BCUT2D eigenvalue weighted by Gasteiger charge is 2.36. The number of carbonyl (C=O) groups excluding carboxylic acids is 1. The Morgan fingerprint density at radius 3 is 2.79 bits per heavy atom. The molecule has 2 atom stereocenters. The van der Waals surface area contributed by atoms with E-state index < -0.39 is 9.84 Å². The first-order valence-electron chi connectivity index (χ1n) is 9.60. The van der Waals surface area contributed by atoms with E-state index >= 15 is 0 Å². The quantitative estimate of drug-likeness (QED) is 0.589. The molecule has 29 heavy (non-hydrogen) atoms. The lowest BCUT2D eigenvalue weighted by Crippen LogP contribution is -2.46. The van der Waals surface area contributed by atoms with Gasteiger partial charge in [0.2, 0.25) is 11.1 Å². The molecule has 2 aromatic rings. The van der Waals surface area contributed by atoms with Crippen LogP contribution in [0.15, 0.2) is 35.5 Å². The molecule has 0 bridgehead atoms. The van der Waals surface area contributed by atoms with Gasteiger partial charge in [0.25, 0.3) is 0 Å². The monoisotopic (exact) mass is 437 g/mol. The summed E-state index contributed by atoms with van der Waals surface area (Å²) in [7, 11) is -3.09. The number of hydrogen-bond acceptors (Lipinski definition) is 8. The van der Waals surface area contributed by atoms with Crippen LogP contribution in [0.25, 0.3) is 5.69 Å². The molecule has 3 heterocycles. The molecule has 2 unspecified atom stereocenters. The minimum atomic E-state index is -3.09. The Labute approximate surface area is 173 Å². The van der Waals surface area contributed by atoms with Crippen molar-refractivity contribution in [2.24, 2.45) is 0 Å².